The Kier molecular flexibility index (Phi) is 6.56. The maximum Gasteiger partial charge on any atom is 0.416 e. The number of amides is 1. The molecular formula is C22H23F3N2O3S2. The second kappa shape index (κ2) is 9.07. The Bertz CT molecular complexity index is 1100. The number of para-hydroxylation sites is 1. The van der Waals surface area contributed by atoms with Crippen molar-refractivity contribution in [3.8, 4) is 0 Å². The first kappa shape index (κ1) is 23.1. The molecule has 1 saturated heterocycles. The van der Waals surface area contributed by atoms with E-state index in [9.17, 15) is 26.4 Å². The van der Waals surface area contributed by atoms with Crippen molar-refractivity contribution in [3.05, 3.63) is 54.1 Å². The van der Waals surface area contributed by atoms with E-state index in [0.29, 0.717) is 25.5 Å². The van der Waals surface area contributed by atoms with Gasteiger partial charge in [-0.1, -0.05) is 18.2 Å². The third kappa shape index (κ3) is 4.67. The van der Waals surface area contributed by atoms with Gasteiger partial charge < -0.3 is 4.90 Å². The van der Waals surface area contributed by atoms with Crippen LogP contribution < -0.4 is 4.90 Å². The van der Waals surface area contributed by atoms with Crippen LogP contribution in [0, 0.1) is 5.92 Å². The van der Waals surface area contributed by atoms with Crippen LogP contribution in [0.2, 0.25) is 0 Å². The average Bonchev–Trinajstić information content (AvgIpc) is 3.01. The molecule has 2 aromatic rings. The zero-order chi connectivity index (χ0) is 22.9. The summed E-state index contributed by atoms with van der Waals surface area (Å²) in [6.45, 7) is 0.810. The molecule has 0 saturated carbocycles. The Morgan fingerprint density at radius 3 is 2.44 bits per heavy atom. The molecule has 0 atom stereocenters. The monoisotopic (exact) mass is 484 g/mol. The molecule has 2 aromatic carbocycles. The standard InChI is InChI=1S/C22H23F3N2O3S2/c23-22(24,25)17-5-3-6-18(15-17)32(29,30)26-12-9-16(10-13-26)21(28)27-11-4-14-31-20-8-2-1-7-19(20)27/h1-3,5-8,15-16H,4,9-14H2. The SMILES string of the molecule is O=C(C1CCN(S(=O)(=O)c2cccc(C(F)(F)F)c2)CC1)N1CCCSc2ccccc21. The molecule has 0 unspecified atom stereocenters. The van der Waals surface area contributed by atoms with Crippen LogP contribution in [-0.4, -0.2) is 44.0 Å². The van der Waals surface area contributed by atoms with Gasteiger partial charge in [0.05, 0.1) is 16.1 Å². The van der Waals surface area contributed by atoms with Gasteiger partial charge in [0.15, 0.2) is 0 Å². The smallest absolute Gasteiger partial charge is 0.311 e. The number of sulfonamides is 1. The molecule has 2 heterocycles. The van der Waals surface area contributed by atoms with Gasteiger partial charge in [-0.2, -0.15) is 17.5 Å². The Balaban J connectivity index is 1.47. The van der Waals surface area contributed by atoms with E-state index in [4.69, 9.17) is 0 Å². The average molecular weight is 485 g/mol. The summed E-state index contributed by atoms with van der Waals surface area (Å²) in [4.78, 5) is 15.8. The fraction of sp³-hybridized carbons (Fsp3) is 0.409. The number of piperidine rings is 1. The summed E-state index contributed by atoms with van der Waals surface area (Å²) in [7, 11) is -4.07. The number of fused-ring (bicyclic) bond motifs is 1. The third-order valence-electron chi connectivity index (χ3n) is 5.81. The van der Waals surface area contributed by atoms with Crippen LogP contribution in [0.25, 0.3) is 0 Å². The molecule has 1 amide bonds. The first-order chi connectivity index (χ1) is 15.2. The van der Waals surface area contributed by atoms with Gasteiger partial charge in [-0.25, -0.2) is 8.42 Å². The highest BCUT2D eigenvalue weighted by molar-refractivity contribution is 7.99. The number of halogens is 3. The van der Waals surface area contributed by atoms with Crippen LogP contribution in [0.15, 0.2) is 58.3 Å². The van der Waals surface area contributed by atoms with Gasteiger partial charge in [-0.15, -0.1) is 11.8 Å². The van der Waals surface area contributed by atoms with E-state index in [-0.39, 0.29) is 29.8 Å². The van der Waals surface area contributed by atoms with E-state index in [1.807, 2.05) is 24.3 Å². The molecule has 0 spiro atoms. The van der Waals surface area contributed by atoms with Gasteiger partial charge >= 0.3 is 6.18 Å². The van der Waals surface area contributed by atoms with Crippen LogP contribution in [-0.2, 0) is 21.0 Å². The number of thioether (sulfide) groups is 1. The Morgan fingerprint density at radius 2 is 1.72 bits per heavy atom. The highest BCUT2D eigenvalue weighted by Gasteiger charge is 2.36. The molecule has 0 aliphatic carbocycles. The number of carbonyl (C=O) groups is 1. The summed E-state index contributed by atoms with van der Waals surface area (Å²) in [5.74, 6) is 0.587. The van der Waals surface area contributed by atoms with Crippen LogP contribution in [0.4, 0.5) is 18.9 Å². The molecule has 10 heteroatoms. The molecule has 0 radical (unpaired) electrons. The van der Waals surface area contributed by atoms with Crippen molar-refractivity contribution in [2.75, 3.05) is 30.3 Å². The molecule has 2 aliphatic heterocycles. The lowest BCUT2D eigenvalue weighted by Gasteiger charge is -2.33. The molecule has 172 valence electrons. The van der Waals surface area contributed by atoms with Gasteiger partial charge in [-0.05, 0) is 55.3 Å². The van der Waals surface area contributed by atoms with Gasteiger partial charge in [0, 0.05) is 30.4 Å². The van der Waals surface area contributed by atoms with Gasteiger partial charge in [0.2, 0.25) is 15.9 Å². The minimum Gasteiger partial charge on any atom is -0.311 e. The molecular weight excluding hydrogens is 461 g/mol. The van der Waals surface area contributed by atoms with Crippen LogP contribution in [0.3, 0.4) is 0 Å². The molecule has 4 rings (SSSR count). The summed E-state index contributed by atoms with van der Waals surface area (Å²) in [6, 6.07) is 11.6. The first-order valence-corrected chi connectivity index (χ1v) is 12.8. The number of alkyl halides is 3. The second-order valence-corrected chi connectivity index (χ2v) is 10.9. The molecule has 0 aromatic heterocycles. The summed E-state index contributed by atoms with van der Waals surface area (Å²) < 4.78 is 66.0. The van der Waals surface area contributed by atoms with E-state index in [0.717, 1.165) is 34.9 Å². The van der Waals surface area contributed by atoms with Crippen molar-refractivity contribution in [2.24, 2.45) is 5.92 Å². The number of benzene rings is 2. The normalized spacial score (nSPS) is 18.8. The molecule has 0 bridgehead atoms. The van der Waals surface area contributed by atoms with Crippen molar-refractivity contribution in [3.63, 3.8) is 0 Å². The zero-order valence-corrected chi connectivity index (χ0v) is 18.8. The van der Waals surface area contributed by atoms with E-state index in [1.54, 1.807) is 16.7 Å². The zero-order valence-electron chi connectivity index (χ0n) is 17.2. The summed E-state index contributed by atoms with van der Waals surface area (Å²) in [6.07, 6.45) is -3.08. The number of hydrogen-bond donors (Lipinski definition) is 0. The predicted molar refractivity (Wildman–Crippen MR) is 117 cm³/mol. The van der Waals surface area contributed by atoms with E-state index in [1.165, 1.54) is 10.4 Å². The Hall–Kier alpha value is -2.04. The highest BCUT2D eigenvalue weighted by Crippen LogP contribution is 2.36. The van der Waals surface area contributed by atoms with Crippen LogP contribution in [0.1, 0.15) is 24.8 Å². The van der Waals surface area contributed by atoms with E-state index < -0.39 is 21.8 Å². The van der Waals surface area contributed by atoms with E-state index in [2.05, 4.69) is 0 Å². The molecule has 2 aliphatic rings. The molecule has 32 heavy (non-hydrogen) atoms. The van der Waals surface area contributed by atoms with Crippen LogP contribution in [0.5, 0.6) is 0 Å². The molecule has 5 nitrogen and oxygen atoms in total. The van der Waals surface area contributed by atoms with E-state index >= 15 is 0 Å². The first-order valence-electron chi connectivity index (χ1n) is 10.4. The van der Waals surface area contributed by atoms with Crippen molar-refractivity contribution in [2.45, 2.75) is 35.2 Å². The predicted octanol–water partition coefficient (Wildman–Crippen LogP) is 4.64. The molecule has 1 fully saturated rings. The van der Waals surface area contributed by atoms with Crippen molar-refractivity contribution < 1.29 is 26.4 Å². The Labute approximate surface area is 189 Å². The number of carbonyl (C=O) groups excluding carboxylic acids is 1. The Morgan fingerprint density at radius 1 is 1.00 bits per heavy atom. The third-order valence-corrected chi connectivity index (χ3v) is 8.85. The van der Waals surface area contributed by atoms with Gasteiger partial charge in [-0.3, -0.25) is 4.79 Å². The lowest BCUT2D eigenvalue weighted by Crippen LogP contribution is -2.44. The lowest BCUT2D eigenvalue weighted by molar-refractivity contribution is -0.137. The number of nitrogens with zero attached hydrogens (tertiary/aromatic N) is 2. The topological polar surface area (TPSA) is 57.7 Å². The minimum atomic E-state index is -4.62. The number of anilines is 1. The summed E-state index contributed by atoms with van der Waals surface area (Å²) >= 11 is 1.72. The van der Waals surface area contributed by atoms with Crippen molar-refractivity contribution in [1.29, 1.82) is 0 Å². The quantitative estimate of drug-likeness (QED) is 0.637. The maximum absolute atomic E-state index is 13.3. The highest BCUT2D eigenvalue weighted by atomic mass is 32.2. The number of hydrogen-bond acceptors (Lipinski definition) is 4. The van der Waals surface area contributed by atoms with Crippen molar-refractivity contribution >= 4 is 33.4 Å². The summed E-state index contributed by atoms with van der Waals surface area (Å²) in [5.41, 5.74) is -0.111. The summed E-state index contributed by atoms with van der Waals surface area (Å²) in [5, 5.41) is 0. The largest absolute Gasteiger partial charge is 0.416 e. The van der Waals surface area contributed by atoms with Gasteiger partial charge in [0.25, 0.3) is 0 Å². The van der Waals surface area contributed by atoms with Crippen molar-refractivity contribution in [1.82, 2.24) is 4.31 Å². The minimum absolute atomic E-state index is 0.0175. The fourth-order valence-corrected chi connectivity index (χ4v) is 6.61. The fourth-order valence-electron chi connectivity index (χ4n) is 4.10. The molecule has 0 N–H and O–H groups in total. The number of rotatable bonds is 3. The van der Waals surface area contributed by atoms with Gasteiger partial charge in [0.1, 0.15) is 0 Å². The second-order valence-electron chi connectivity index (χ2n) is 7.86. The lowest BCUT2D eigenvalue weighted by atomic mass is 9.96. The van der Waals surface area contributed by atoms with Crippen LogP contribution >= 0.6 is 11.8 Å². The maximum atomic E-state index is 13.3.